The van der Waals surface area contributed by atoms with Gasteiger partial charge in [0.25, 0.3) is 0 Å². The lowest BCUT2D eigenvalue weighted by atomic mass is 10.2. The minimum Gasteiger partial charge on any atom is -0.478 e. The summed E-state index contributed by atoms with van der Waals surface area (Å²) in [5.41, 5.74) is 1.50. The smallest absolute Gasteiger partial charge is 0.339 e. The Bertz CT molecular complexity index is 765. The third-order valence-electron chi connectivity index (χ3n) is 2.77. The van der Waals surface area contributed by atoms with Gasteiger partial charge in [-0.15, -0.1) is 11.3 Å². The zero-order valence-corrected chi connectivity index (χ0v) is 12.6. The van der Waals surface area contributed by atoms with Gasteiger partial charge in [-0.1, -0.05) is 28.1 Å². The average Bonchev–Trinajstić information content (AvgIpc) is 3.08. The summed E-state index contributed by atoms with van der Waals surface area (Å²) >= 11 is 4.87. The Morgan fingerprint density at radius 3 is 2.80 bits per heavy atom. The van der Waals surface area contributed by atoms with E-state index in [0.717, 1.165) is 15.0 Å². The molecule has 20 heavy (non-hydrogen) atoms. The number of aromatic carboxylic acids is 1. The van der Waals surface area contributed by atoms with Crippen LogP contribution < -0.4 is 0 Å². The molecule has 0 atom stereocenters. The van der Waals surface area contributed by atoms with Crippen LogP contribution in [0.25, 0.3) is 16.3 Å². The van der Waals surface area contributed by atoms with Crippen molar-refractivity contribution in [1.82, 2.24) is 9.78 Å². The first kappa shape index (κ1) is 13.1. The van der Waals surface area contributed by atoms with E-state index in [0.29, 0.717) is 5.69 Å². The molecule has 0 saturated heterocycles. The molecule has 4 nitrogen and oxygen atoms in total. The molecule has 0 amide bonds. The van der Waals surface area contributed by atoms with Crippen molar-refractivity contribution >= 4 is 33.2 Å². The predicted octanol–water partition coefficient (Wildman–Crippen LogP) is 4.06. The van der Waals surface area contributed by atoms with Crippen LogP contribution in [0.5, 0.6) is 0 Å². The van der Waals surface area contributed by atoms with Crippen LogP contribution in [0.1, 0.15) is 10.4 Å². The normalized spacial score (nSPS) is 10.7. The first-order valence-electron chi connectivity index (χ1n) is 5.78. The number of aromatic nitrogens is 2. The second kappa shape index (κ2) is 5.22. The van der Waals surface area contributed by atoms with Gasteiger partial charge in [0, 0.05) is 10.7 Å². The standard InChI is InChI=1S/C14H9BrN2O2S/c15-9-3-1-4-10(7-9)17-8-11(14(18)19)13(16-17)12-5-2-6-20-12/h1-8H,(H,18,19). The lowest BCUT2D eigenvalue weighted by Crippen LogP contribution is -1.96. The molecule has 0 fully saturated rings. The molecule has 0 radical (unpaired) electrons. The molecule has 0 aliphatic carbocycles. The number of halogens is 1. The SMILES string of the molecule is O=C(O)c1cn(-c2cccc(Br)c2)nc1-c1cccs1. The van der Waals surface area contributed by atoms with Gasteiger partial charge < -0.3 is 5.11 Å². The van der Waals surface area contributed by atoms with Crippen molar-refractivity contribution in [3.05, 3.63) is 58.0 Å². The van der Waals surface area contributed by atoms with Crippen LogP contribution in [-0.2, 0) is 0 Å². The fourth-order valence-corrected chi connectivity index (χ4v) is 2.99. The van der Waals surface area contributed by atoms with Crippen molar-refractivity contribution in [1.29, 1.82) is 0 Å². The van der Waals surface area contributed by atoms with Gasteiger partial charge in [0.15, 0.2) is 0 Å². The fourth-order valence-electron chi connectivity index (χ4n) is 1.88. The van der Waals surface area contributed by atoms with Crippen LogP contribution in [0, 0.1) is 0 Å². The molecule has 0 aliphatic rings. The maximum absolute atomic E-state index is 11.4. The zero-order valence-electron chi connectivity index (χ0n) is 10.2. The highest BCUT2D eigenvalue weighted by atomic mass is 79.9. The van der Waals surface area contributed by atoms with Gasteiger partial charge in [0.1, 0.15) is 11.3 Å². The molecule has 3 rings (SSSR count). The number of carboxylic acids is 1. The van der Waals surface area contributed by atoms with E-state index in [1.807, 2.05) is 41.8 Å². The van der Waals surface area contributed by atoms with Gasteiger partial charge in [0.05, 0.1) is 10.6 Å². The van der Waals surface area contributed by atoms with E-state index in [1.165, 1.54) is 11.3 Å². The van der Waals surface area contributed by atoms with Gasteiger partial charge in [0.2, 0.25) is 0 Å². The second-order valence-electron chi connectivity index (χ2n) is 4.10. The molecule has 0 spiro atoms. The Morgan fingerprint density at radius 1 is 1.30 bits per heavy atom. The molecule has 2 heterocycles. The van der Waals surface area contributed by atoms with Crippen LogP contribution >= 0.6 is 27.3 Å². The van der Waals surface area contributed by atoms with Crippen LogP contribution in [-0.4, -0.2) is 20.9 Å². The fraction of sp³-hybridized carbons (Fsp3) is 0. The Kier molecular flexibility index (Phi) is 3.42. The van der Waals surface area contributed by atoms with Gasteiger partial charge in [-0.05, 0) is 29.6 Å². The van der Waals surface area contributed by atoms with Gasteiger partial charge >= 0.3 is 5.97 Å². The molecule has 100 valence electrons. The molecule has 0 unspecified atom stereocenters. The molecule has 3 aromatic rings. The van der Waals surface area contributed by atoms with E-state index >= 15 is 0 Å². The van der Waals surface area contributed by atoms with Crippen LogP contribution in [0.2, 0.25) is 0 Å². The van der Waals surface area contributed by atoms with Crippen LogP contribution in [0.4, 0.5) is 0 Å². The summed E-state index contributed by atoms with van der Waals surface area (Å²) in [6, 6.07) is 11.3. The molecular formula is C14H9BrN2O2S. The van der Waals surface area contributed by atoms with Crippen LogP contribution in [0.3, 0.4) is 0 Å². The quantitative estimate of drug-likeness (QED) is 0.776. The van der Waals surface area contributed by atoms with E-state index in [2.05, 4.69) is 21.0 Å². The first-order chi connectivity index (χ1) is 9.65. The summed E-state index contributed by atoms with van der Waals surface area (Å²) < 4.78 is 2.50. The largest absolute Gasteiger partial charge is 0.478 e. The summed E-state index contributed by atoms with van der Waals surface area (Å²) in [5, 5.41) is 15.6. The summed E-state index contributed by atoms with van der Waals surface area (Å²) in [7, 11) is 0. The molecule has 1 N–H and O–H groups in total. The van der Waals surface area contributed by atoms with Gasteiger partial charge in [-0.3, -0.25) is 0 Å². The Balaban J connectivity index is 2.15. The minimum atomic E-state index is -0.977. The van der Waals surface area contributed by atoms with Crippen molar-refractivity contribution < 1.29 is 9.90 Å². The third-order valence-corrected chi connectivity index (χ3v) is 4.14. The monoisotopic (exact) mass is 348 g/mol. The lowest BCUT2D eigenvalue weighted by Gasteiger charge is -2.00. The van der Waals surface area contributed by atoms with Crippen molar-refractivity contribution in [2.75, 3.05) is 0 Å². The topological polar surface area (TPSA) is 55.1 Å². The number of carboxylic acid groups (broad SMARTS) is 1. The van der Waals surface area contributed by atoms with Crippen molar-refractivity contribution in [2.24, 2.45) is 0 Å². The zero-order chi connectivity index (χ0) is 14.1. The highest BCUT2D eigenvalue weighted by Crippen LogP contribution is 2.28. The summed E-state index contributed by atoms with van der Waals surface area (Å²) in [6.45, 7) is 0. The van der Waals surface area contributed by atoms with Gasteiger partial charge in [-0.2, -0.15) is 5.10 Å². The van der Waals surface area contributed by atoms with E-state index in [1.54, 1.807) is 10.9 Å². The Hall–Kier alpha value is -1.92. The highest BCUT2D eigenvalue weighted by molar-refractivity contribution is 9.10. The number of rotatable bonds is 3. The number of carbonyl (C=O) groups is 1. The molecule has 2 aromatic heterocycles. The van der Waals surface area contributed by atoms with Crippen molar-refractivity contribution in [3.8, 4) is 16.3 Å². The van der Waals surface area contributed by atoms with E-state index in [-0.39, 0.29) is 5.56 Å². The first-order valence-corrected chi connectivity index (χ1v) is 7.45. The summed E-state index contributed by atoms with van der Waals surface area (Å²) in [5.74, 6) is -0.977. The molecule has 6 heteroatoms. The molecule has 0 saturated carbocycles. The average molecular weight is 349 g/mol. The Labute approximate surface area is 127 Å². The highest BCUT2D eigenvalue weighted by Gasteiger charge is 2.18. The number of hydrogen-bond acceptors (Lipinski definition) is 3. The molecule has 0 aliphatic heterocycles. The maximum atomic E-state index is 11.4. The van der Waals surface area contributed by atoms with Crippen molar-refractivity contribution in [3.63, 3.8) is 0 Å². The second-order valence-corrected chi connectivity index (χ2v) is 5.96. The number of nitrogens with zero attached hydrogens (tertiary/aromatic N) is 2. The number of benzene rings is 1. The maximum Gasteiger partial charge on any atom is 0.339 e. The summed E-state index contributed by atoms with van der Waals surface area (Å²) in [6.07, 6.45) is 1.54. The van der Waals surface area contributed by atoms with E-state index < -0.39 is 5.97 Å². The summed E-state index contributed by atoms with van der Waals surface area (Å²) in [4.78, 5) is 12.2. The van der Waals surface area contributed by atoms with E-state index in [9.17, 15) is 9.90 Å². The molecule has 0 bridgehead atoms. The van der Waals surface area contributed by atoms with Crippen LogP contribution in [0.15, 0.2) is 52.4 Å². The number of thiophene rings is 1. The third kappa shape index (κ3) is 2.39. The Morgan fingerprint density at radius 2 is 2.15 bits per heavy atom. The van der Waals surface area contributed by atoms with Crippen molar-refractivity contribution in [2.45, 2.75) is 0 Å². The van der Waals surface area contributed by atoms with Gasteiger partial charge in [-0.25, -0.2) is 9.48 Å². The number of hydrogen-bond donors (Lipinski definition) is 1. The minimum absolute atomic E-state index is 0.201. The predicted molar refractivity (Wildman–Crippen MR) is 81.5 cm³/mol. The molecular weight excluding hydrogens is 340 g/mol. The van der Waals surface area contributed by atoms with E-state index in [4.69, 9.17) is 0 Å². The molecule has 1 aromatic carbocycles. The lowest BCUT2D eigenvalue weighted by molar-refractivity contribution is 0.0697.